The van der Waals surface area contributed by atoms with E-state index in [9.17, 15) is 4.79 Å². The third-order valence-electron chi connectivity index (χ3n) is 4.18. The highest BCUT2D eigenvalue weighted by Gasteiger charge is 2.39. The Morgan fingerprint density at radius 2 is 1.90 bits per heavy atom. The Bertz CT molecular complexity index is 318. The highest BCUT2D eigenvalue weighted by molar-refractivity contribution is 6.74. The van der Waals surface area contributed by atoms with Gasteiger partial charge in [0.25, 0.3) is 0 Å². The van der Waals surface area contributed by atoms with Crippen LogP contribution in [0.2, 0.25) is 18.1 Å². The molecule has 0 N–H and O–H groups in total. The average Bonchev–Trinajstić information content (AvgIpc) is 2.27. The van der Waals surface area contributed by atoms with Crippen LogP contribution in [0.3, 0.4) is 0 Å². The van der Waals surface area contributed by atoms with Gasteiger partial charge in [-0.05, 0) is 38.4 Å². The molecule has 0 bridgehead atoms. The third kappa shape index (κ3) is 6.22. The molecule has 0 amide bonds. The first kappa shape index (κ1) is 19.4. The number of carbonyl (C=O) groups excluding carboxylic acids is 1. The summed E-state index contributed by atoms with van der Waals surface area (Å²) in [6.45, 7) is 19.4. The molecule has 0 aromatic heterocycles. The van der Waals surface area contributed by atoms with Crippen LogP contribution in [-0.4, -0.2) is 27.0 Å². The van der Waals surface area contributed by atoms with E-state index in [0.29, 0.717) is 13.0 Å². The van der Waals surface area contributed by atoms with Gasteiger partial charge in [0, 0.05) is 18.4 Å². The summed E-state index contributed by atoms with van der Waals surface area (Å²) in [5.41, 5.74) is 0. The highest BCUT2D eigenvalue weighted by atomic mass is 28.4. The van der Waals surface area contributed by atoms with Gasteiger partial charge in [0.2, 0.25) is 0 Å². The van der Waals surface area contributed by atoms with Crippen molar-refractivity contribution in [3.05, 3.63) is 12.7 Å². The van der Waals surface area contributed by atoms with Crippen LogP contribution in [0, 0.1) is 5.92 Å². The van der Waals surface area contributed by atoms with Crippen LogP contribution < -0.4 is 0 Å². The second kappa shape index (κ2) is 7.98. The van der Waals surface area contributed by atoms with Gasteiger partial charge in [0.1, 0.15) is 0 Å². The van der Waals surface area contributed by atoms with Gasteiger partial charge in [-0.3, -0.25) is 4.79 Å². The highest BCUT2D eigenvalue weighted by Crippen LogP contribution is 2.38. The van der Waals surface area contributed by atoms with Crippen LogP contribution in [0.4, 0.5) is 0 Å². The molecule has 3 nitrogen and oxygen atoms in total. The Morgan fingerprint density at radius 1 is 1.35 bits per heavy atom. The van der Waals surface area contributed by atoms with Crippen molar-refractivity contribution in [3.8, 4) is 0 Å². The van der Waals surface area contributed by atoms with Crippen LogP contribution in [0.5, 0.6) is 0 Å². The number of hydrogen-bond donors (Lipinski definition) is 0. The first-order valence-corrected chi connectivity index (χ1v) is 10.4. The van der Waals surface area contributed by atoms with Gasteiger partial charge < -0.3 is 9.16 Å². The van der Waals surface area contributed by atoms with E-state index in [2.05, 4.69) is 47.4 Å². The minimum absolute atomic E-state index is 0.0859. The first-order valence-electron chi connectivity index (χ1n) is 7.51. The molecule has 0 spiro atoms. The van der Waals surface area contributed by atoms with E-state index in [1.54, 1.807) is 0 Å². The van der Waals surface area contributed by atoms with E-state index >= 15 is 0 Å². The van der Waals surface area contributed by atoms with Crippen LogP contribution in [0.1, 0.15) is 47.5 Å². The third-order valence-corrected chi connectivity index (χ3v) is 8.75. The Hall–Kier alpha value is -0.613. The lowest BCUT2D eigenvalue weighted by Crippen LogP contribution is -2.44. The molecule has 0 rings (SSSR count). The predicted molar refractivity (Wildman–Crippen MR) is 87.3 cm³/mol. The normalized spacial score (nSPS) is 15.6. The molecule has 0 aromatic carbocycles. The average molecular weight is 301 g/mol. The fraction of sp³-hybridized carbons (Fsp3) is 0.812. The van der Waals surface area contributed by atoms with E-state index in [1.807, 2.05) is 13.0 Å². The van der Waals surface area contributed by atoms with Crippen LogP contribution in [0.15, 0.2) is 12.7 Å². The standard InChI is InChI=1S/C16H32O3Si/c1-9-14(11-12-15(17)18-10-2)13(3)19-20(7,8)16(4,5)6/h9,13-14H,1,10-12H2,2-8H3. The lowest BCUT2D eigenvalue weighted by Gasteiger charge is -2.40. The molecule has 0 saturated heterocycles. The van der Waals surface area contributed by atoms with E-state index in [-0.39, 0.29) is 23.0 Å². The molecule has 0 aliphatic rings. The molecule has 118 valence electrons. The quantitative estimate of drug-likeness (QED) is 0.375. The van der Waals surface area contributed by atoms with Crippen LogP contribution >= 0.6 is 0 Å². The van der Waals surface area contributed by atoms with Gasteiger partial charge in [0.15, 0.2) is 8.32 Å². The monoisotopic (exact) mass is 300 g/mol. The van der Waals surface area contributed by atoms with Crippen molar-refractivity contribution >= 4 is 14.3 Å². The number of rotatable bonds is 8. The zero-order valence-corrected chi connectivity index (χ0v) is 15.3. The van der Waals surface area contributed by atoms with Gasteiger partial charge in [-0.25, -0.2) is 0 Å². The molecule has 0 radical (unpaired) electrons. The molecule has 0 aromatic rings. The van der Waals surface area contributed by atoms with Crippen molar-refractivity contribution < 1.29 is 14.0 Å². The minimum atomic E-state index is -1.78. The van der Waals surface area contributed by atoms with E-state index in [1.165, 1.54) is 0 Å². The molecule has 0 aliphatic carbocycles. The predicted octanol–water partition coefficient (Wildman–Crippen LogP) is 4.54. The van der Waals surface area contributed by atoms with Crippen molar-refractivity contribution in [1.29, 1.82) is 0 Å². The molecule has 4 heteroatoms. The Labute approximate surface area is 125 Å². The van der Waals surface area contributed by atoms with Gasteiger partial charge in [-0.15, -0.1) is 6.58 Å². The van der Waals surface area contributed by atoms with Gasteiger partial charge >= 0.3 is 5.97 Å². The van der Waals surface area contributed by atoms with Crippen molar-refractivity contribution in [3.63, 3.8) is 0 Å². The summed E-state index contributed by atoms with van der Waals surface area (Å²) < 4.78 is 11.3. The Balaban J connectivity index is 4.52. The van der Waals surface area contributed by atoms with E-state index in [0.717, 1.165) is 6.42 Å². The molecule has 0 heterocycles. The lowest BCUT2D eigenvalue weighted by molar-refractivity contribution is -0.143. The van der Waals surface area contributed by atoms with Gasteiger partial charge in [-0.2, -0.15) is 0 Å². The van der Waals surface area contributed by atoms with Crippen molar-refractivity contribution in [2.45, 2.75) is 71.7 Å². The molecule has 0 saturated carbocycles. The van der Waals surface area contributed by atoms with Gasteiger partial charge in [-0.1, -0.05) is 26.8 Å². The molecule has 2 unspecified atom stereocenters. The van der Waals surface area contributed by atoms with Gasteiger partial charge in [0.05, 0.1) is 6.61 Å². The summed E-state index contributed by atoms with van der Waals surface area (Å²) in [5, 5.41) is 0.189. The molecule has 2 atom stereocenters. The second-order valence-corrected chi connectivity index (χ2v) is 11.6. The number of carbonyl (C=O) groups is 1. The fourth-order valence-electron chi connectivity index (χ4n) is 1.79. The largest absolute Gasteiger partial charge is 0.466 e. The Morgan fingerprint density at radius 3 is 2.30 bits per heavy atom. The first-order chi connectivity index (χ1) is 9.05. The summed E-state index contributed by atoms with van der Waals surface area (Å²) in [5.74, 6) is 0.0485. The zero-order chi connectivity index (χ0) is 16.0. The summed E-state index contributed by atoms with van der Waals surface area (Å²) in [6.07, 6.45) is 3.15. The maximum atomic E-state index is 11.4. The Kier molecular flexibility index (Phi) is 7.74. The maximum Gasteiger partial charge on any atom is 0.305 e. The molecular formula is C16H32O3Si. The second-order valence-electron chi connectivity index (χ2n) is 6.83. The van der Waals surface area contributed by atoms with E-state index < -0.39 is 8.32 Å². The minimum Gasteiger partial charge on any atom is -0.466 e. The number of ether oxygens (including phenoxy) is 1. The summed E-state index contributed by atoms with van der Waals surface area (Å²) >= 11 is 0. The molecule has 20 heavy (non-hydrogen) atoms. The van der Waals surface area contributed by atoms with Crippen molar-refractivity contribution in [2.75, 3.05) is 6.61 Å². The number of hydrogen-bond acceptors (Lipinski definition) is 3. The van der Waals surface area contributed by atoms with Crippen LogP contribution in [0.25, 0.3) is 0 Å². The topological polar surface area (TPSA) is 35.5 Å². The molecular weight excluding hydrogens is 268 g/mol. The van der Waals surface area contributed by atoms with Crippen molar-refractivity contribution in [2.24, 2.45) is 5.92 Å². The smallest absolute Gasteiger partial charge is 0.305 e. The molecule has 0 aliphatic heterocycles. The zero-order valence-electron chi connectivity index (χ0n) is 14.3. The summed E-state index contributed by atoms with van der Waals surface area (Å²) in [7, 11) is -1.78. The van der Waals surface area contributed by atoms with Crippen LogP contribution in [-0.2, 0) is 14.0 Å². The maximum absolute atomic E-state index is 11.4. The fourth-order valence-corrected chi connectivity index (χ4v) is 3.25. The molecule has 0 fully saturated rings. The number of esters is 1. The van der Waals surface area contributed by atoms with Crippen molar-refractivity contribution in [1.82, 2.24) is 0 Å². The SMILES string of the molecule is C=CC(CCC(=O)OCC)C(C)O[Si](C)(C)C(C)(C)C. The lowest BCUT2D eigenvalue weighted by atomic mass is 9.98. The summed E-state index contributed by atoms with van der Waals surface area (Å²) in [6, 6.07) is 0. The van der Waals surface area contributed by atoms with E-state index in [4.69, 9.17) is 9.16 Å². The summed E-state index contributed by atoms with van der Waals surface area (Å²) in [4.78, 5) is 11.4.